The summed E-state index contributed by atoms with van der Waals surface area (Å²) in [4.78, 5) is 8.14. The normalized spacial score (nSPS) is 14.9. The van der Waals surface area contributed by atoms with E-state index in [0.29, 0.717) is 0 Å². The van der Waals surface area contributed by atoms with Crippen LogP contribution in [0.3, 0.4) is 0 Å². The van der Waals surface area contributed by atoms with Crippen LogP contribution in [0.2, 0.25) is 0 Å². The summed E-state index contributed by atoms with van der Waals surface area (Å²) in [6.07, 6.45) is 0. The van der Waals surface area contributed by atoms with Gasteiger partial charge in [-0.3, -0.25) is 0 Å². The van der Waals surface area contributed by atoms with E-state index in [1.54, 1.807) is 0 Å². The molecule has 0 unspecified atom stereocenters. The molecule has 0 N–H and O–H groups in total. The predicted molar refractivity (Wildman–Crippen MR) is 273 cm³/mol. The second kappa shape index (κ2) is 12.7. The summed E-state index contributed by atoms with van der Waals surface area (Å²) in [5, 5.41) is 2.70. The van der Waals surface area contributed by atoms with Gasteiger partial charge in [0.25, 0.3) is 0 Å². The predicted octanol–water partition coefficient (Wildman–Crippen LogP) is 13.8. The average Bonchev–Trinajstić information content (AvgIpc) is 3.86. The van der Waals surface area contributed by atoms with Crippen molar-refractivity contribution >= 4 is 62.0 Å². The second-order valence-electron chi connectivity index (χ2n) is 22.6. The first-order chi connectivity index (χ1) is 30.3. The van der Waals surface area contributed by atoms with E-state index in [2.05, 4.69) is 225 Å². The number of fused-ring (bicyclic) bond motifs is 14. The van der Waals surface area contributed by atoms with E-state index in [1.807, 2.05) is 0 Å². The Morgan fingerprint density at radius 1 is 0.578 bits per heavy atom. The molecule has 0 fully saturated rings. The zero-order valence-electron chi connectivity index (χ0n) is 39.5. The van der Waals surface area contributed by atoms with E-state index in [4.69, 9.17) is 4.98 Å². The SMILES string of the molecule is Cn1c(-c2ccccc2)nc2cc3c(cc21)-n1c2ccc(C(C)(C)C)cc2c2c4c(c5c(c21)B3N(c1ccc(C(C)(C)C)cc1)c1ccc(C(C)(C)C)cc1-5)C(C)(C)c1ccccc1-4. The lowest BCUT2D eigenvalue weighted by atomic mass is 9.43. The maximum absolute atomic E-state index is 5.46. The molecular formula is C59H57BN4. The highest BCUT2D eigenvalue weighted by Gasteiger charge is 2.50. The molecule has 0 bridgehead atoms. The Morgan fingerprint density at radius 2 is 1.22 bits per heavy atom. The largest absolute Gasteiger partial charge is 0.376 e. The van der Waals surface area contributed by atoms with Gasteiger partial charge in [0.05, 0.1) is 22.1 Å². The maximum Gasteiger partial charge on any atom is 0.333 e. The number of nitrogens with zero attached hydrogens (tertiary/aromatic N) is 4. The summed E-state index contributed by atoms with van der Waals surface area (Å²) >= 11 is 0. The standard InChI is InChI=1S/C59H57BN4/c1-56(2,3)35-22-26-38(27-23-35)64-46-29-25-37(58(7,8)9)31-41(46)51-52-49(39-20-16-17-21-42(39)59(52,10)11)50-40-30-36(57(4,5)6)24-28-45(40)63-47-33-48-44(32-43(47)60(64)53(51)54(50)63)61-55(62(48)12)34-18-14-13-15-19-34/h13-33H,1-12H3. The summed E-state index contributed by atoms with van der Waals surface area (Å²) in [7, 11) is 2.18. The van der Waals surface area contributed by atoms with E-state index >= 15 is 0 Å². The zero-order valence-corrected chi connectivity index (χ0v) is 39.5. The monoisotopic (exact) mass is 832 g/mol. The summed E-state index contributed by atoms with van der Waals surface area (Å²) < 4.78 is 4.95. The average molecular weight is 833 g/mol. The third-order valence-corrected chi connectivity index (χ3v) is 15.1. The maximum atomic E-state index is 5.46. The van der Waals surface area contributed by atoms with Crippen molar-refractivity contribution in [2.24, 2.45) is 7.05 Å². The van der Waals surface area contributed by atoms with Crippen molar-refractivity contribution in [3.05, 3.63) is 155 Å². The molecule has 0 spiro atoms. The number of rotatable bonds is 2. The topological polar surface area (TPSA) is 26.0 Å². The van der Waals surface area contributed by atoms with E-state index in [1.165, 1.54) is 99.9 Å². The van der Waals surface area contributed by atoms with Crippen molar-refractivity contribution in [3.63, 3.8) is 0 Å². The van der Waals surface area contributed by atoms with Gasteiger partial charge in [-0.15, -0.1) is 0 Å². The second-order valence-corrected chi connectivity index (χ2v) is 22.6. The third-order valence-electron chi connectivity index (χ3n) is 15.1. The Morgan fingerprint density at radius 3 is 1.92 bits per heavy atom. The molecule has 4 heterocycles. The molecule has 0 amide bonds. The minimum Gasteiger partial charge on any atom is -0.376 e. The van der Waals surface area contributed by atoms with Gasteiger partial charge in [0.15, 0.2) is 0 Å². The molecule has 12 rings (SSSR count). The van der Waals surface area contributed by atoms with E-state index in [9.17, 15) is 0 Å². The minimum atomic E-state index is -0.256. The van der Waals surface area contributed by atoms with Gasteiger partial charge < -0.3 is 13.9 Å². The van der Waals surface area contributed by atoms with Crippen molar-refractivity contribution < 1.29 is 0 Å². The lowest BCUT2D eigenvalue weighted by Crippen LogP contribution is -2.61. The van der Waals surface area contributed by atoms with Crippen LogP contribution < -0.4 is 15.7 Å². The molecule has 1 aliphatic carbocycles. The van der Waals surface area contributed by atoms with Gasteiger partial charge in [0, 0.05) is 51.4 Å². The fraction of sp³-hybridized carbons (Fsp3) is 0.271. The molecule has 64 heavy (non-hydrogen) atoms. The Hall–Kier alpha value is -6.33. The molecule has 0 saturated heterocycles. The first kappa shape index (κ1) is 39.3. The Kier molecular flexibility index (Phi) is 7.79. The quantitative estimate of drug-likeness (QED) is 0.162. The molecule has 0 saturated carbocycles. The van der Waals surface area contributed by atoms with Crippen molar-refractivity contribution in [2.75, 3.05) is 4.81 Å². The molecular weight excluding hydrogens is 775 g/mol. The van der Waals surface area contributed by atoms with E-state index in [-0.39, 0.29) is 28.5 Å². The van der Waals surface area contributed by atoms with Crippen molar-refractivity contribution in [2.45, 2.75) is 97.8 Å². The molecule has 9 aromatic rings. The van der Waals surface area contributed by atoms with Crippen LogP contribution in [0.1, 0.15) is 104 Å². The van der Waals surface area contributed by atoms with Gasteiger partial charge in [-0.2, -0.15) is 0 Å². The molecule has 316 valence electrons. The van der Waals surface area contributed by atoms with Crippen LogP contribution in [0, 0.1) is 0 Å². The van der Waals surface area contributed by atoms with Gasteiger partial charge in [-0.25, -0.2) is 4.98 Å². The van der Waals surface area contributed by atoms with Crippen LogP contribution in [-0.2, 0) is 28.7 Å². The summed E-state index contributed by atoms with van der Waals surface area (Å²) in [5.74, 6) is 0.976. The van der Waals surface area contributed by atoms with E-state index in [0.717, 1.165) is 22.4 Å². The number of hydrogen-bond donors (Lipinski definition) is 0. The number of aryl methyl sites for hydroxylation is 1. The molecule has 0 atom stereocenters. The number of imidazole rings is 1. The van der Waals surface area contributed by atoms with Gasteiger partial charge >= 0.3 is 6.85 Å². The molecule has 0 radical (unpaired) electrons. The smallest absolute Gasteiger partial charge is 0.333 e. The van der Waals surface area contributed by atoms with Crippen LogP contribution in [-0.4, -0.2) is 21.0 Å². The van der Waals surface area contributed by atoms with Gasteiger partial charge in [-0.05, 0) is 120 Å². The summed E-state index contributed by atoms with van der Waals surface area (Å²) in [6.45, 7) is 25.8. The first-order valence-electron chi connectivity index (χ1n) is 23.2. The molecule has 4 nitrogen and oxygen atoms in total. The fourth-order valence-corrected chi connectivity index (χ4v) is 11.7. The summed E-state index contributed by atoms with van der Waals surface area (Å²) in [6, 6.07) is 49.0. The van der Waals surface area contributed by atoms with Gasteiger partial charge in [-0.1, -0.05) is 155 Å². The van der Waals surface area contributed by atoms with Crippen LogP contribution in [0.4, 0.5) is 11.4 Å². The molecule has 3 aliphatic rings. The zero-order chi connectivity index (χ0) is 44.6. The molecule has 2 aromatic heterocycles. The fourth-order valence-electron chi connectivity index (χ4n) is 11.7. The van der Waals surface area contributed by atoms with Gasteiger partial charge in [0.2, 0.25) is 0 Å². The van der Waals surface area contributed by atoms with Crippen LogP contribution >= 0.6 is 0 Å². The van der Waals surface area contributed by atoms with Crippen molar-refractivity contribution in [1.82, 2.24) is 14.1 Å². The number of hydrogen-bond acceptors (Lipinski definition) is 2. The highest BCUT2D eigenvalue weighted by Crippen LogP contribution is 2.59. The van der Waals surface area contributed by atoms with E-state index < -0.39 is 0 Å². The van der Waals surface area contributed by atoms with Crippen LogP contribution in [0.25, 0.3) is 72.2 Å². The Bertz CT molecular complexity index is 3470. The number of benzene rings is 7. The highest BCUT2D eigenvalue weighted by molar-refractivity contribution is 6.94. The van der Waals surface area contributed by atoms with Crippen molar-refractivity contribution in [1.29, 1.82) is 0 Å². The minimum absolute atomic E-state index is 0.0230. The lowest BCUT2D eigenvalue weighted by Gasteiger charge is -2.44. The highest BCUT2D eigenvalue weighted by atomic mass is 15.1. The van der Waals surface area contributed by atoms with Crippen LogP contribution in [0.15, 0.2) is 127 Å². The third kappa shape index (κ3) is 5.21. The van der Waals surface area contributed by atoms with Gasteiger partial charge in [0.1, 0.15) is 5.82 Å². The van der Waals surface area contributed by atoms with Crippen LogP contribution in [0.5, 0.6) is 0 Å². The Balaban J connectivity index is 1.32. The first-order valence-corrected chi connectivity index (χ1v) is 23.2. The number of anilines is 2. The number of aromatic nitrogens is 3. The Labute approximate surface area is 378 Å². The molecule has 5 heteroatoms. The lowest BCUT2D eigenvalue weighted by molar-refractivity contribution is 0.590. The summed E-state index contributed by atoms with van der Waals surface area (Å²) in [5.41, 5.74) is 24.2. The molecule has 7 aromatic carbocycles. The van der Waals surface area contributed by atoms with Crippen molar-refractivity contribution in [3.8, 4) is 39.3 Å². The molecule has 2 aliphatic heterocycles.